The summed E-state index contributed by atoms with van der Waals surface area (Å²) in [7, 11) is 0. The highest BCUT2D eigenvalue weighted by Gasteiger charge is 2.13. The summed E-state index contributed by atoms with van der Waals surface area (Å²) in [5.74, 6) is 1.72. The van der Waals surface area contributed by atoms with E-state index in [0.29, 0.717) is 17.4 Å². The zero-order valence-corrected chi connectivity index (χ0v) is 11.9. The number of nitrogens with zero attached hydrogens (tertiary/aromatic N) is 6. The molecule has 0 amide bonds. The van der Waals surface area contributed by atoms with Crippen LogP contribution in [0.25, 0.3) is 28.6 Å². The lowest BCUT2D eigenvalue weighted by Crippen LogP contribution is -2.03. The highest BCUT2D eigenvalue weighted by Crippen LogP contribution is 2.21. The van der Waals surface area contributed by atoms with Gasteiger partial charge in [-0.25, -0.2) is 4.98 Å². The van der Waals surface area contributed by atoms with Crippen molar-refractivity contribution in [2.75, 3.05) is 0 Å². The highest BCUT2D eigenvalue weighted by atomic mass is 15.5. The summed E-state index contributed by atoms with van der Waals surface area (Å²) < 4.78 is 1.55. The first-order valence-corrected chi connectivity index (χ1v) is 6.90. The van der Waals surface area contributed by atoms with E-state index in [-0.39, 0.29) is 0 Å². The zero-order valence-electron chi connectivity index (χ0n) is 11.9. The van der Waals surface area contributed by atoms with Gasteiger partial charge in [-0.1, -0.05) is 65.3 Å². The first-order chi connectivity index (χ1) is 10.8. The third-order valence-corrected chi connectivity index (χ3v) is 3.41. The molecule has 2 aromatic heterocycles. The van der Waals surface area contributed by atoms with Crippen LogP contribution < -0.4 is 0 Å². The Balaban J connectivity index is 1.97. The van der Waals surface area contributed by atoms with Crippen molar-refractivity contribution >= 4 is 5.78 Å². The SMILES string of the molecule is Cc1ccc(-c2nc(-c3ccccc3)nc3nnnn23)cc1. The molecular formula is C16H12N6. The number of tetrazole rings is 1. The molecule has 2 heterocycles. The number of hydrogen-bond donors (Lipinski definition) is 0. The van der Waals surface area contributed by atoms with E-state index in [4.69, 9.17) is 0 Å². The van der Waals surface area contributed by atoms with Crippen LogP contribution in [0.2, 0.25) is 0 Å². The lowest BCUT2D eigenvalue weighted by atomic mass is 10.1. The van der Waals surface area contributed by atoms with E-state index < -0.39 is 0 Å². The highest BCUT2D eigenvalue weighted by molar-refractivity contribution is 5.63. The van der Waals surface area contributed by atoms with Crippen molar-refractivity contribution in [1.29, 1.82) is 0 Å². The largest absolute Gasteiger partial charge is 0.277 e. The second-order valence-electron chi connectivity index (χ2n) is 4.99. The average Bonchev–Trinajstić information content (AvgIpc) is 3.04. The van der Waals surface area contributed by atoms with E-state index in [2.05, 4.69) is 25.5 Å². The van der Waals surface area contributed by atoms with Crippen LogP contribution in [0.15, 0.2) is 54.6 Å². The maximum absolute atomic E-state index is 4.65. The lowest BCUT2D eigenvalue weighted by Gasteiger charge is -2.06. The van der Waals surface area contributed by atoms with Gasteiger partial charge < -0.3 is 0 Å². The summed E-state index contributed by atoms with van der Waals surface area (Å²) in [4.78, 5) is 9.08. The molecule has 0 spiro atoms. The van der Waals surface area contributed by atoms with Gasteiger partial charge >= 0.3 is 0 Å². The molecule has 0 N–H and O–H groups in total. The number of fused-ring (bicyclic) bond motifs is 1. The molecule has 2 aromatic carbocycles. The Kier molecular flexibility index (Phi) is 2.86. The molecule has 0 radical (unpaired) electrons. The first-order valence-electron chi connectivity index (χ1n) is 6.90. The monoisotopic (exact) mass is 288 g/mol. The molecular weight excluding hydrogens is 276 g/mol. The normalized spacial score (nSPS) is 11.0. The number of aromatic nitrogens is 6. The van der Waals surface area contributed by atoms with Gasteiger partial charge in [-0.3, -0.25) is 0 Å². The van der Waals surface area contributed by atoms with Gasteiger partial charge in [-0.05, 0) is 17.4 Å². The van der Waals surface area contributed by atoms with Crippen LogP contribution in [0, 0.1) is 6.92 Å². The molecule has 0 saturated carbocycles. The zero-order chi connectivity index (χ0) is 14.9. The van der Waals surface area contributed by atoms with Gasteiger partial charge in [0, 0.05) is 11.1 Å². The van der Waals surface area contributed by atoms with E-state index in [1.165, 1.54) is 5.56 Å². The fourth-order valence-corrected chi connectivity index (χ4v) is 2.26. The minimum atomic E-state index is 0.435. The Labute approximate surface area is 126 Å². The molecule has 0 aliphatic rings. The Bertz CT molecular complexity index is 928. The molecule has 0 aliphatic heterocycles. The molecule has 6 nitrogen and oxygen atoms in total. The Morgan fingerprint density at radius 3 is 2.36 bits per heavy atom. The summed E-state index contributed by atoms with van der Waals surface area (Å²) in [6, 6.07) is 17.9. The third kappa shape index (κ3) is 2.10. The topological polar surface area (TPSA) is 68.9 Å². The molecule has 106 valence electrons. The van der Waals surface area contributed by atoms with Crippen molar-refractivity contribution in [1.82, 2.24) is 30.0 Å². The van der Waals surface area contributed by atoms with Gasteiger partial charge in [0.05, 0.1) is 0 Å². The maximum atomic E-state index is 4.65. The van der Waals surface area contributed by atoms with Crippen LogP contribution in [0.3, 0.4) is 0 Å². The summed E-state index contributed by atoms with van der Waals surface area (Å²) in [5, 5.41) is 11.6. The maximum Gasteiger partial charge on any atom is 0.277 e. The lowest BCUT2D eigenvalue weighted by molar-refractivity contribution is 0.812. The summed E-state index contributed by atoms with van der Waals surface area (Å²) in [6.07, 6.45) is 0. The van der Waals surface area contributed by atoms with E-state index in [1.54, 1.807) is 4.52 Å². The summed E-state index contributed by atoms with van der Waals surface area (Å²) in [5.41, 5.74) is 3.07. The van der Waals surface area contributed by atoms with Gasteiger partial charge in [0.1, 0.15) is 0 Å². The molecule has 4 aromatic rings. The minimum Gasteiger partial charge on any atom is -0.208 e. The first kappa shape index (κ1) is 12.6. The smallest absolute Gasteiger partial charge is 0.208 e. The van der Waals surface area contributed by atoms with Gasteiger partial charge in [0.2, 0.25) is 0 Å². The molecule has 6 heteroatoms. The van der Waals surface area contributed by atoms with Crippen LogP contribution in [0.5, 0.6) is 0 Å². The van der Waals surface area contributed by atoms with Crippen molar-refractivity contribution in [3.05, 3.63) is 60.2 Å². The molecule has 0 fully saturated rings. The summed E-state index contributed by atoms with van der Waals surface area (Å²) >= 11 is 0. The second-order valence-corrected chi connectivity index (χ2v) is 4.99. The standard InChI is InChI=1S/C16H12N6/c1-11-7-9-13(10-8-11)15-17-14(12-5-3-2-4-6-12)18-16-19-20-21-22(15)16/h2-10H,1H3. The van der Waals surface area contributed by atoms with Gasteiger partial charge in [-0.15, -0.1) is 0 Å². The minimum absolute atomic E-state index is 0.435. The molecule has 22 heavy (non-hydrogen) atoms. The van der Waals surface area contributed by atoms with Crippen molar-refractivity contribution in [3.63, 3.8) is 0 Å². The number of rotatable bonds is 2. The predicted molar refractivity (Wildman–Crippen MR) is 82.0 cm³/mol. The number of hydrogen-bond acceptors (Lipinski definition) is 5. The molecule has 4 rings (SSSR count). The number of aryl methyl sites for hydroxylation is 1. The fourth-order valence-electron chi connectivity index (χ4n) is 2.26. The molecule has 0 unspecified atom stereocenters. The quantitative estimate of drug-likeness (QED) is 0.567. The van der Waals surface area contributed by atoms with E-state index in [9.17, 15) is 0 Å². The van der Waals surface area contributed by atoms with Crippen molar-refractivity contribution in [2.24, 2.45) is 0 Å². The fraction of sp³-hybridized carbons (Fsp3) is 0.0625. The van der Waals surface area contributed by atoms with Crippen molar-refractivity contribution in [2.45, 2.75) is 6.92 Å². The Hall–Kier alpha value is -3.15. The van der Waals surface area contributed by atoms with Crippen LogP contribution in [0.4, 0.5) is 0 Å². The third-order valence-electron chi connectivity index (χ3n) is 3.41. The molecule has 0 bridgehead atoms. The van der Waals surface area contributed by atoms with Crippen molar-refractivity contribution < 1.29 is 0 Å². The van der Waals surface area contributed by atoms with Crippen LogP contribution in [0.1, 0.15) is 5.56 Å². The van der Waals surface area contributed by atoms with Crippen LogP contribution in [-0.4, -0.2) is 30.0 Å². The average molecular weight is 288 g/mol. The van der Waals surface area contributed by atoms with E-state index in [1.807, 2.05) is 61.5 Å². The second kappa shape index (κ2) is 5.00. The van der Waals surface area contributed by atoms with Crippen LogP contribution >= 0.6 is 0 Å². The van der Waals surface area contributed by atoms with E-state index >= 15 is 0 Å². The van der Waals surface area contributed by atoms with E-state index in [0.717, 1.165) is 11.1 Å². The number of benzene rings is 2. The predicted octanol–water partition coefficient (Wildman–Crippen LogP) is 2.56. The van der Waals surface area contributed by atoms with Crippen molar-refractivity contribution in [3.8, 4) is 22.8 Å². The van der Waals surface area contributed by atoms with Crippen LogP contribution in [-0.2, 0) is 0 Å². The molecule has 0 aliphatic carbocycles. The summed E-state index contributed by atoms with van der Waals surface area (Å²) in [6.45, 7) is 2.05. The Morgan fingerprint density at radius 2 is 1.59 bits per heavy atom. The molecule has 0 atom stereocenters. The van der Waals surface area contributed by atoms with Gasteiger partial charge in [-0.2, -0.15) is 9.50 Å². The Morgan fingerprint density at radius 1 is 0.818 bits per heavy atom. The van der Waals surface area contributed by atoms with Gasteiger partial charge in [0.15, 0.2) is 11.6 Å². The molecule has 0 saturated heterocycles. The van der Waals surface area contributed by atoms with Gasteiger partial charge in [0.25, 0.3) is 5.78 Å².